The number of thiophene rings is 1. The predicted octanol–water partition coefficient (Wildman–Crippen LogP) is 4.15. The van der Waals surface area contributed by atoms with Crippen molar-refractivity contribution in [3.8, 4) is 5.75 Å². The van der Waals surface area contributed by atoms with Gasteiger partial charge in [0.2, 0.25) is 0 Å². The molecule has 1 amide bonds. The summed E-state index contributed by atoms with van der Waals surface area (Å²) in [6.45, 7) is -1.15. The Labute approximate surface area is 128 Å². The summed E-state index contributed by atoms with van der Waals surface area (Å²) in [5.41, 5.74) is 6.60. The molecule has 0 aliphatic heterocycles. The molecule has 1 heterocycles. The molecule has 1 aromatic heterocycles. The highest BCUT2D eigenvalue weighted by molar-refractivity contribution is 7.14. The van der Waals surface area contributed by atoms with Crippen LogP contribution in [0, 0.1) is 6.92 Å². The zero-order valence-electron chi connectivity index (χ0n) is 10.8. The van der Waals surface area contributed by atoms with Crippen LogP contribution in [0.1, 0.15) is 14.5 Å². The number of nitrogens with two attached hydrogens (primary N) is 1. The minimum atomic E-state index is -2.96. The first-order chi connectivity index (χ1) is 9.86. The van der Waals surface area contributed by atoms with Crippen LogP contribution in [0.4, 0.5) is 20.2 Å². The van der Waals surface area contributed by atoms with Crippen LogP contribution in [0.2, 0.25) is 5.02 Å². The van der Waals surface area contributed by atoms with Crippen molar-refractivity contribution < 1.29 is 18.3 Å². The minimum Gasteiger partial charge on any atom is -0.433 e. The van der Waals surface area contributed by atoms with Crippen molar-refractivity contribution in [1.29, 1.82) is 0 Å². The maximum absolute atomic E-state index is 12.1. The maximum atomic E-state index is 12.1. The van der Waals surface area contributed by atoms with E-state index in [4.69, 9.17) is 17.3 Å². The number of nitrogen functional groups attached to an aromatic ring is 1. The van der Waals surface area contributed by atoms with Crippen molar-refractivity contribution in [2.75, 3.05) is 11.1 Å². The fourth-order valence-electron chi connectivity index (χ4n) is 1.57. The SMILES string of the molecule is Cc1sc(C(=O)Nc2ccc(OC(F)F)c(Cl)c2)cc1N. The van der Waals surface area contributed by atoms with Gasteiger partial charge in [-0.05, 0) is 31.2 Å². The van der Waals surface area contributed by atoms with E-state index in [0.29, 0.717) is 16.3 Å². The number of rotatable bonds is 4. The molecule has 0 atom stereocenters. The Balaban J connectivity index is 2.12. The fourth-order valence-corrected chi connectivity index (χ4v) is 2.63. The Hall–Kier alpha value is -1.86. The summed E-state index contributed by atoms with van der Waals surface area (Å²) in [6.07, 6.45) is 0. The second kappa shape index (κ2) is 6.28. The molecule has 4 nitrogen and oxygen atoms in total. The lowest BCUT2D eigenvalue weighted by Gasteiger charge is -2.09. The van der Waals surface area contributed by atoms with Crippen LogP contribution in [0.3, 0.4) is 0 Å². The molecular weight excluding hydrogens is 322 g/mol. The molecule has 2 aromatic rings. The van der Waals surface area contributed by atoms with E-state index in [1.54, 1.807) is 6.07 Å². The molecule has 0 aliphatic rings. The van der Waals surface area contributed by atoms with Crippen LogP contribution in [0.5, 0.6) is 5.75 Å². The van der Waals surface area contributed by atoms with Crippen LogP contribution < -0.4 is 15.8 Å². The summed E-state index contributed by atoms with van der Waals surface area (Å²) in [7, 11) is 0. The summed E-state index contributed by atoms with van der Waals surface area (Å²) in [6, 6.07) is 5.59. The first kappa shape index (κ1) is 15.5. The van der Waals surface area contributed by atoms with Gasteiger partial charge in [-0.15, -0.1) is 11.3 Å². The van der Waals surface area contributed by atoms with E-state index >= 15 is 0 Å². The highest BCUT2D eigenvalue weighted by atomic mass is 35.5. The Morgan fingerprint density at radius 2 is 2.14 bits per heavy atom. The zero-order valence-corrected chi connectivity index (χ0v) is 12.4. The molecular formula is C13H11ClF2N2O2S. The first-order valence-electron chi connectivity index (χ1n) is 5.78. The number of amides is 1. The molecule has 0 saturated heterocycles. The summed E-state index contributed by atoms with van der Waals surface area (Å²) in [5.74, 6) is -0.501. The molecule has 3 N–H and O–H groups in total. The Kier molecular flexibility index (Phi) is 4.64. The predicted molar refractivity (Wildman–Crippen MR) is 79.5 cm³/mol. The maximum Gasteiger partial charge on any atom is 0.387 e. The summed E-state index contributed by atoms with van der Waals surface area (Å²) >= 11 is 7.07. The molecule has 112 valence electrons. The largest absolute Gasteiger partial charge is 0.433 e. The van der Waals surface area contributed by atoms with Crippen molar-refractivity contribution >= 4 is 40.2 Å². The van der Waals surface area contributed by atoms with Gasteiger partial charge in [-0.1, -0.05) is 11.6 Å². The van der Waals surface area contributed by atoms with E-state index in [9.17, 15) is 13.6 Å². The van der Waals surface area contributed by atoms with Gasteiger partial charge in [0.1, 0.15) is 5.75 Å². The van der Waals surface area contributed by atoms with Gasteiger partial charge >= 0.3 is 6.61 Å². The second-order valence-electron chi connectivity index (χ2n) is 4.10. The molecule has 0 bridgehead atoms. The van der Waals surface area contributed by atoms with Gasteiger partial charge in [-0.2, -0.15) is 8.78 Å². The number of ether oxygens (including phenoxy) is 1. The smallest absolute Gasteiger partial charge is 0.387 e. The van der Waals surface area contributed by atoms with E-state index < -0.39 is 6.61 Å². The van der Waals surface area contributed by atoms with Crippen molar-refractivity contribution in [3.63, 3.8) is 0 Å². The number of carbonyl (C=O) groups excluding carboxylic acids is 1. The van der Waals surface area contributed by atoms with Gasteiger partial charge in [0, 0.05) is 16.3 Å². The molecule has 1 aromatic carbocycles. The lowest BCUT2D eigenvalue weighted by Crippen LogP contribution is -2.10. The third-order valence-electron chi connectivity index (χ3n) is 2.59. The molecule has 21 heavy (non-hydrogen) atoms. The third kappa shape index (κ3) is 3.83. The second-order valence-corrected chi connectivity index (χ2v) is 5.76. The van der Waals surface area contributed by atoms with Crippen LogP contribution in [-0.4, -0.2) is 12.5 Å². The summed E-state index contributed by atoms with van der Waals surface area (Å²) in [4.78, 5) is 13.3. The highest BCUT2D eigenvalue weighted by Crippen LogP contribution is 2.30. The molecule has 0 saturated carbocycles. The lowest BCUT2D eigenvalue weighted by molar-refractivity contribution is -0.0497. The zero-order chi connectivity index (χ0) is 15.6. The quantitative estimate of drug-likeness (QED) is 0.884. The van der Waals surface area contributed by atoms with Crippen LogP contribution in [0.25, 0.3) is 0 Å². The number of aryl methyl sites for hydroxylation is 1. The molecule has 0 aliphatic carbocycles. The van der Waals surface area contributed by atoms with Crippen molar-refractivity contribution in [3.05, 3.63) is 39.0 Å². The monoisotopic (exact) mass is 332 g/mol. The number of hydrogen-bond donors (Lipinski definition) is 2. The molecule has 2 rings (SSSR count). The fraction of sp³-hybridized carbons (Fsp3) is 0.154. The Morgan fingerprint density at radius 1 is 1.43 bits per heavy atom. The average Bonchev–Trinajstić information content (AvgIpc) is 2.73. The molecule has 8 heteroatoms. The van der Waals surface area contributed by atoms with Gasteiger partial charge in [-0.3, -0.25) is 4.79 Å². The average molecular weight is 333 g/mol. The van der Waals surface area contributed by atoms with Gasteiger partial charge in [0.25, 0.3) is 5.91 Å². The number of carbonyl (C=O) groups is 1. The van der Waals surface area contributed by atoms with Gasteiger partial charge in [0.05, 0.1) is 9.90 Å². The van der Waals surface area contributed by atoms with Crippen LogP contribution in [0.15, 0.2) is 24.3 Å². The molecule has 0 fully saturated rings. The number of nitrogens with one attached hydrogen (secondary N) is 1. The minimum absolute atomic E-state index is 0.0185. The van der Waals surface area contributed by atoms with Gasteiger partial charge in [0.15, 0.2) is 0 Å². The molecule has 0 unspecified atom stereocenters. The van der Waals surface area contributed by atoms with Crippen molar-refractivity contribution in [2.45, 2.75) is 13.5 Å². The van der Waals surface area contributed by atoms with Crippen LogP contribution >= 0.6 is 22.9 Å². The van der Waals surface area contributed by atoms with E-state index in [0.717, 1.165) is 4.88 Å². The standard InChI is InChI=1S/C13H11ClF2N2O2S/c1-6-9(17)5-11(21-6)12(19)18-7-2-3-10(8(14)4-7)20-13(15)16/h2-5,13H,17H2,1H3,(H,18,19). The van der Waals surface area contributed by atoms with Gasteiger partial charge < -0.3 is 15.8 Å². The first-order valence-corrected chi connectivity index (χ1v) is 6.98. The van der Waals surface area contributed by atoms with E-state index in [2.05, 4.69) is 10.1 Å². The van der Waals surface area contributed by atoms with Crippen molar-refractivity contribution in [1.82, 2.24) is 0 Å². The Bertz CT molecular complexity index is 657. The van der Waals surface area contributed by atoms with E-state index in [1.165, 1.54) is 29.5 Å². The van der Waals surface area contributed by atoms with E-state index in [1.807, 2.05) is 6.92 Å². The normalized spacial score (nSPS) is 10.7. The molecule has 0 spiro atoms. The number of hydrogen-bond acceptors (Lipinski definition) is 4. The molecule has 0 radical (unpaired) electrons. The number of halogens is 3. The topological polar surface area (TPSA) is 64.3 Å². The lowest BCUT2D eigenvalue weighted by atomic mass is 10.3. The highest BCUT2D eigenvalue weighted by Gasteiger charge is 2.13. The van der Waals surface area contributed by atoms with Crippen LogP contribution in [-0.2, 0) is 0 Å². The number of anilines is 2. The third-order valence-corrected chi connectivity index (χ3v) is 3.95. The summed E-state index contributed by atoms with van der Waals surface area (Å²) in [5, 5.41) is 2.59. The Morgan fingerprint density at radius 3 is 2.67 bits per heavy atom. The van der Waals surface area contributed by atoms with Gasteiger partial charge in [-0.25, -0.2) is 0 Å². The summed E-state index contributed by atoms with van der Waals surface area (Å²) < 4.78 is 28.4. The van der Waals surface area contributed by atoms with E-state index in [-0.39, 0.29) is 16.7 Å². The number of alkyl halides is 2. The number of benzene rings is 1. The van der Waals surface area contributed by atoms with Crippen molar-refractivity contribution in [2.24, 2.45) is 0 Å².